The van der Waals surface area contributed by atoms with Crippen LogP contribution in [-0.4, -0.2) is 58.3 Å². The molecule has 3 rings (SSSR count). The van der Waals surface area contributed by atoms with E-state index in [1.54, 1.807) is 6.92 Å². The molecule has 1 aromatic heterocycles. The lowest BCUT2D eigenvalue weighted by atomic mass is 9.69. The average Bonchev–Trinajstić information content (AvgIpc) is 3.28. The van der Waals surface area contributed by atoms with E-state index in [9.17, 15) is 9.59 Å². The summed E-state index contributed by atoms with van der Waals surface area (Å²) in [5.41, 5.74) is 0. The van der Waals surface area contributed by atoms with Gasteiger partial charge in [0.1, 0.15) is 6.02 Å². The molecule has 0 bridgehead atoms. The van der Waals surface area contributed by atoms with E-state index in [2.05, 4.69) is 25.9 Å². The number of unbranched alkanes of at least 4 members (excludes halogenated alkanes) is 2. The van der Waals surface area contributed by atoms with E-state index < -0.39 is 12.0 Å². The van der Waals surface area contributed by atoms with Crippen LogP contribution in [0, 0.1) is 17.8 Å². The summed E-state index contributed by atoms with van der Waals surface area (Å²) in [6, 6.07) is -1.36. The highest BCUT2D eigenvalue weighted by Gasteiger charge is 2.38. The van der Waals surface area contributed by atoms with Crippen molar-refractivity contribution >= 4 is 11.9 Å². The summed E-state index contributed by atoms with van der Waals surface area (Å²) in [7, 11) is 0. The second-order valence-corrected chi connectivity index (χ2v) is 8.38. The van der Waals surface area contributed by atoms with Crippen molar-refractivity contribution in [1.29, 1.82) is 0 Å². The molecular formula is C21H35N5O4. The second-order valence-electron chi connectivity index (χ2n) is 8.38. The molecule has 0 radical (unpaired) electrons. The van der Waals surface area contributed by atoms with Crippen LogP contribution in [0.4, 0.5) is 0 Å². The van der Waals surface area contributed by atoms with Gasteiger partial charge in [-0.3, -0.25) is 9.59 Å². The maximum Gasteiger partial charge on any atom is 0.323 e. The van der Waals surface area contributed by atoms with Gasteiger partial charge >= 0.3 is 11.9 Å². The first-order valence-corrected chi connectivity index (χ1v) is 11.3. The van der Waals surface area contributed by atoms with Gasteiger partial charge in [0.15, 0.2) is 5.82 Å². The number of aromatic amines is 1. The molecular weight excluding hydrogens is 386 g/mol. The topological polar surface area (TPSA) is 119 Å². The van der Waals surface area contributed by atoms with Crippen molar-refractivity contribution in [1.82, 2.24) is 25.9 Å². The summed E-state index contributed by atoms with van der Waals surface area (Å²) < 4.78 is 19.0. The third-order valence-electron chi connectivity index (χ3n) is 6.27. The van der Waals surface area contributed by atoms with E-state index in [4.69, 9.17) is 10.8 Å². The van der Waals surface area contributed by atoms with Gasteiger partial charge in [-0.25, -0.2) is 0 Å². The molecule has 0 amide bonds. The number of fused-ring (bicyclic) bond motifs is 1. The van der Waals surface area contributed by atoms with Crippen LogP contribution >= 0.6 is 0 Å². The van der Waals surface area contributed by atoms with Gasteiger partial charge in [0, 0.05) is 12.8 Å². The number of hydrogen-bond donors (Lipinski definition) is 2. The van der Waals surface area contributed by atoms with Crippen LogP contribution in [-0.2, 0) is 25.5 Å². The Kier molecular flexibility index (Phi) is 8.47. The Bertz CT molecular complexity index is 704. The number of aromatic nitrogens is 4. The van der Waals surface area contributed by atoms with Gasteiger partial charge < -0.3 is 14.8 Å². The zero-order chi connectivity index (χ0) is 22.1. The highest BCUT2D eigenvalue weighted by Crippen LogP contribution is 2.40. The number of rotatable bonds is 11. The Labute approximate surface area is 179 Å². The maximum absolute atomic E-state index is 12.6. The van der Waals surface area contributed by atoms with Crippen LogP contribution < -0.4 is 5.32 Å². The summed E-state index contributed by atoms with van der Waals surface area (Å²) in [6.45, 7) is 3.17. The zero-order valence-corrected chi connectivity index (χ0v) is 17.9. The first-order chi connectivity index (χ1) is 15.0. The van der Waals surface area contributed by atoms with Crippen LogP contribution in [0.1, 0.15) is 71.9 Å². The molecule has 1 aromatic rings. The normalized spacial score (nSPS) is 29.0. The number of nitrogens with one attached hydrogen (secondary N) is 2. The van der Waals surface area contributed by atoms with E-state index in [-0.39, 0.29) is 12.6 Å². The Morgan fingerprint density at radius 1 is 1.17 bits per heavy atom. The molecule has 2 fully saturated rings. The van der Waals surface area contributed by atoms with Crippen LogP contribution in [0.2, 0.25) is 0 Å². The lowest BCUT2D eigenvalue weighted by Crippen LogP contribution is -2.50. The van der Waals surface area contributed by atoms with Crippen LogP contribution in [0.5, 0.6) is 0 Å². The largest absolute Gasteiger partial charge is 0.466 e. The van der Waals surface area contributed by atoms with E-state index in [1.807, 2.05) is 0 Å². The molecule has 9 nitrogen and oxygen atoms in total. The molecule has 0 unspecified atom stereocenters. The van der Waals surface area contributed by atoms with Crippen LogP contribution in [0.3, 0.4) is 0 Å². The van der Waals surface area contributed by atoms with E-state index in [0.717, 1.165) is 44.3 Å². The molecule has 0 aromatic carbocycles. The van der Waals surface area contributed by atoms with Gasteiger partial charge in [-0.1, -0.05) is 11.6 Å². The smallest absolute Gasteiger partial charge is 0.323 e. The van der Waals surface area contributed by atoms with Crippen LogP contribution in [0.25, 0.3) is 0 Å². The Hall–Kier alpha value is -2.03. The van der Waals surface area contributed by atoms with Crippen LogP contribution in [0.15, 0.2) is 0 Å². The molecule has 30 heavy (non-hydrogen) atoms. The highest BCUT2D eigenvalue weighted by atomic mass is 16.5. The molecule has 2 heterocycles. The minimum atomic E-state index is -1.36. The van der Waals surface area contributed by atoms with Gasteiger partial charge in [0.2, 0.25) is 0 Å². The molecule has 2 N–H and O–H groups in total. The predicted molar refractivity (Wildman–Crippen MR) is 109 cm³/mol. The number of carbonyl (C=O) groups excluding carboxylic acids is 2. The van der Waals surface area contributed by atoms with E-state index >= 15 is 0 Å². The first-order valence-electron chi connectivity index (χ1n) is 11.8. The fraction of sp³-hybridized carbons (Fsp3) is 0.857. The minimum absolute atomic E-state index is 0.186. The van der Waals surface area contributed by atoms with Crippen molar-refractivity contribution in [2.24, 2.45) is 17.8 Å². The molecule has 4 atom stereocenters. The number of tetrazole rings is 1. The highest BCUT2D eigenvalue weighted by molar-refractivity contribution is 5.76. The lowest BCUT2D eigenvalue weighted by Gasteiger charge is -2.42. The van der Waals surface area contributed by atoms with Gasteiger partial charge in [0.05, 0.1) is 14.6 Å². The summed E-state index contributed by atoms with van der Waals surface area (Å²) in [5, 5.41) is 17.3. The molecule has 9 heteroatoms. The quantitative estimate of drug-likeness (QED) is 0.411. The third-order valence-corrected chi connectivity index (χ3v) is 6.27. The van der Waals surface area contributed by atoms with Crippen molar-refractivity contribution in [3.05, 3.63) is 5.82 Å². The maximum atomic E-state index is 12.6. The molecule has 1 aliphatic carbocycles. The number of nitrogens with zero attached hydrogens (tertiary/aromatic N) is 3. The number of carbonyl (C=O) groups is 2. The molecule has 168 valence electrons. The molecule has 1 saturated carbocycles. The fourth-order valence-corrected chi connectivity index (χ4v) is 4.60. The van der Waals surface area contributed by atoms with Crippen molar-refractivity contribution < 1.29 is 20.4 Å². The summed E-state index contributed by atoms with van der Waals surface area (Å²) in [5.74, 6) is 1.53. The van der Waals surface area contributed by atoms with Crippen molar-refractivity contribution in [2.75, 3.05) is 19.8 Å². The van der Waals surface area contributed by atoms with Gasteiger partial charge in [-0.05, 0) is 76.2 Å². The van der Waals surface area contributed by atoms with Gasteiger partial charge in [-0.15, -0.1) is 10.2 Å². The number of piperidine rings is 1. The molecule has 1 aliphatic heterocycles. The van der Waals surface area contributed by atoms with E-state index in [1.165, 1.54) is 6.42 Å². The second kappa shape index (κ2) is 12.0. The molecule has 0 spiro atoms. The predicted octanol–water partition coefficient (Wildman–Crippen LogP) is 2.19. The lowest BCUT2D eigenvalue weighted by molar-refractivity contribution is -0.148. The molecule has 2 aliphatic rings. The Morgan fingerprint density at radius 3 is 2.87 bits per heavy atom. The van der Waals surface area contributed by atoms with Gasteiger partial charge in [0.25, 0.3) is 0 Å². The van der Waals surface area contributed by atoms with Crippen molar-refractivity contribution in [3.63, 3.8) is 0 Å². The Balaban J connectivity index is 1.37. The number of ether oxygens (including phenoxy) is 2. The first kappa shape index (κ1) is 21.2. The SMILES string of the molecule is [2H][C@@]1(C(=O)OCCCCCC(=O)OCC)C[C@H]2C[C@@H](CCc3nn[nH]n3)CC[C@H]2CN1. The summed E-state index contributed by atoms with van der Waals surface area (Å²) in [6.07, 6.45) is 8.23. The minimum Gasteiger partial charge on any atom is -0.466 e. The molecule has 1 saturated heterocycles. The third kappa shape index (κ3) is 7.04. The van der Waals surface area contributed by atoms with Crippen molar-refractivity contribution in [2.45, 2.75) is 77.1 Å². The fourth-order valence-electron chi connectivity index (χ4n) is 4.60. The van der Waals surface area contributed by atoms with E-state index in [0.29, 0.717) is 50.2 Å². The number of esters is 2. The summed E-state index contributed by atoms with van der Waals surface area (Å²) >= 11 is 0. The monoisotopic (exact) mass is 422 g/mol. The number of H-pyrrole nitrogens is 1. The zero-order valence-electron chi connectivity index (χ0n) is 18.9. The van der Waals surface area contributed by atoms with Crippen molar-refractivity contribution in [3.8, 4) is 0 Å². The number of aryl methyl sites for hydroxylation is 1. The average molecular weight is 423 g/mol. The summed E-state index contributed by atoms with van der Waals surface area (Å²) in [4.78, 5) is 23.9. The van der Waals surface area contributed by atoms with Gasteiger partial charge in [-0.2, -0.15) is 5.21 Å². The number of hydrogen-bond acceptors (Lipinski definition) is 8. The standard InChI is InChI=1S/C21H35N5O4/c1-2-29-20(27)6-4-3-5-11-30-21(28)18-13-17-12-15(7-9-16(17)14-22-18)8-10-19-23-25-26-24-19/h15-18,22H,2-14H2,1H3,(H,23,24,25,26)/t15-,16+,17-,18+/m1/s1/i18D. The Morgan fingerprint density at radius 2 is 2.07 bits per heavy atom.